The summed E-state index contributed by atoms with van der Waals surface area (Å²) in [6.07, 6.45) is 4.53. The highest BCUT2D eigenvalue weighted by molar-refractivity contribution is 5.95. The summed E-state index contributed by atoms with van der Waals surface area (Å²) in [5.74, 6) is -2.00. The minimum Gasteiger partial charge on any atom is -0.481 e. The second-order valence-corrected chi connectivity index (χ2v) is 7.44. The van der Waals surface area contributed by atoms with Crippen LogP contribution in [0, 0.1) is 6.92 Å². The van der Waals surface area contributed by atoms with Crippen LogP contribution in [0.25, 0.3) is 10.9 Å². The second kappa shape index (κ2) is 7.63. The van der Waals surface area contributed by atoms with E-state index in [-0.39, 0.29) is 11.6 Å². The Kier molecular flexibility index (Phi) is 5.42. The number of nitrogens with zero attached hydrogens (tertiary/aromatic N) is 2. The molecule has 2 aliphatic rings. The fourth-order valence-corrected chi connectivity index (χ4v) is 3.75. The molecule has 4 N–H and O–H groups in total. The standard InChI is InChI=1S/C18H21N3O3.C2H4O2/c1-10-15(20-7-6-11(19)8-20)5-4-13-16(10)21(12-2-3-12)9-14(17(13)22)18(23)24;1-2(3)4/h4-5,9,11-12H,2-3,6-8,19H2,1H3,(H,23,24);1H3,(H,3,4)/t11-;/m1./s1. The molecule has 0 amide bonds. The molecule has 1 saturated heterocycles. The van der Waals surface area contributed by atoms with E-state index < -0.39 is 17.4 Å². The number of rotatable bonds is 3. The molecule has 1 saturated carbocycles. The van der Waals surface area contributed by atoms with Crippen molar-refractivity contribution in [3.05, 3.63) is 39.7 Å². The molecular weight excluding hydrogens is 362 g/mol. The van der Waals surface area contributed by atoms with Crippen LogP contribution in [0.5, 0.6) is 0 Å². The summed E-state index contributed by atoms with van der Waals surface area (Å²) in [6.45, 7) is 4.82. The third kappa shape index (κ3) is 3.87. The number of nitrogens with two attached hydrogens (primary N) is 1. The Morgan fingerprint density at radius 1 is 1.18 bits per heavy atom. The summed E-state index contributed by atoms with van der Waals surface area (Å²) in [6, 6.07) is 4.18. The molecule has 0 bridgehead atoms. The molecule has 2 fully saturated rings. The molecule has 8 heteroatoms. The van der Waals surface area contributed by atoms with Crippen molar-refractivity contribution in [2.24, 2.45) is 5.73 Å². The monoisotopic (exact) mass is 387 g/mol. The van der Waals surface area contributed by atoms with Crippen LogP contribution < -0.4 is 16.1 Å². The molecule has 4 rings (SSSR count). The van der Waals surface area contributed by atoms with Crippen molar-refractivity contribution in [2.45, 2.75) is 45.2 Å². The van der Waals surface area contributed by atoms with E-state index in [4.69, 9.17) is 15.6 Å². The number of aryl methyl sites for hydroxylation is 1. The number of aromatic nitrogens is 1. The van der Waals surface area contributed by atoms with Gasteiger partial charge in [-0.2, -0.15) is 0 Å². The minimum absolute atomic E-state index is 0.148. The zero-order valence-corrected chi connectivity index (χ0v) is 16.0. The highest BCUT2D eigenvalue weighted by atomic mass is 16.4. The van der Waals surface area contributed by atoms with Crippen LogP contribution in [0.1, 0.15) is 48.1 Å². The third-order valence-corrected chi connectivity index (χ3v) is 5.15. The quantitative estimate of drug-likeness (QED) is 0.735. The maximum atomic E-state index is 12.6. The van der Waals surface area contributed by atoms with E-state index in [0.29, 0.717) is 11.4 Å². The zero-order valence-electron chi connectivity index (χ0n) is 16.0. The number of fused-ring (bicyclic) bond motifs is 1. The summed E-state index contributed by atoms with van der Waals surface area (Å²) in [4.78, 5) is 35.3. The molecule has 1 aromatic carbocycles. The number of carboxylic acid groups (broad SMARTS) is 2. The maximum absolute atomic E-state index is 12.6. The molecule has 2 heterocycles. The van der Waals surface area contributed by atoms with E-state index in [1.54, 1.807) is 6.07 Å². The average molecular weight is 387 g/mol. The Bertz CT molecular complexity index is 989. The lowest BCUT2D eigenvalue weighted by Crippen LogP contribution is -2.27. The molecule has 8 nitrogen and oxygen atoms in total. The Labute approximate surface area is 162 Å². The number of anilines is 1. The minimum atomic E-state index is -1.16. The van der Waals surface area contributed by atoms with Crippen molar-refractivity contribution < 1.29 is 19.8 Å². The van der Waals surface area contributed by atoms with Gasteiger partial charge in [0.2, 0.25) is 5.43 Å². The van der Waals surface area contributed by atoms with Crippen molar-refractivity contribution in [1.82, 2.24) is 4.57 Å². The van der Waals surface area contributed by atoms with Gasteiger partial charge in [-0.3, -0.25) is 9.59 Å². The fourth-order valence-electron chi connectivity index (χ4n) is 3.75. The van der Waals surface area contributed by atoms with Gasteiger partial charge >= 0.3 is 5.97 Å². The normalized spacial score (nSPS) is 18.7. The molecule has 1 atom stereocenters. The van der Waals surface area contributed by atoms with Crippen molar-refractivity contribution in [3.63, 3.8) is 0 Å². The van der Waals surface area contributed by atoms with Crippen LogP contribution in [0.3, 0.4) is 0 Å². The van der Waals surface area contributed by atoms with E-state index in [1.165, 1.54) is 6.20 Å². The number of aliphatic carboxylic acids is 1. The molecule has 28 heavy (non-hydrogen) atoms. The number of hydrogen-bond acceptors (Lipinski definition) is 5. The SMILES string of the molecule is CC(=O)O.Cc1c(N2CC[C@@H](N)C2)ccc2c(=O)c(C(=O)O)cn(C3CC3)c12. The van der Waals surface area contributed by atoms with Gasteiger partial charge in [-0.25, -0.2) is 4.79 Å². The molecule has 2 aromatic rings. The van der Waals surface area contributed by atoms with Crippen LogP contribution in [-0.4, -0.2) is 45.9 Å². The smallest absolute Gasteiger partial charge is 0.341 e. The molecule has 0 radical (unpaired) electrons. The number of benzene rings is 1. The van der Waals surface area contributed by atoms with E-state index in [0.717, 1.165) is 56.0 Å². The highest BCUT2D eigenvalue weighted by Crippen LogP contribution is 2.39. The molecule has 1 aliphatic carbocycles. The Morgan fingerprint density at radius 2 is 1.82 bits per heavy atom. The lowest BCUT2D eigenvalue weighted by molar-refractivity contribution is -0.134. The Morgan fingerprint density at radius 3 is 2.32 bits per heavy atom. The van der Waals surface area contributed by atoms with E-state index in [1.807, 2.05) is 17.6 Å². The first-order valence-corrected chi connectivity index (χ1v) is 9.32. The largest absolute Gasteiger partial charge is 0.481 e. The van der Waals surface area contributed by atoms with Crippen molar-refractivity contribution in [2.75, 3.05) is 18.0 Å². The van der Waals surface area contributed by atoms with Gasteiger partial charge in [0.1, 0.15) is 5.56 Å². The van der Waals surface area contributed by atoms with Gasteiger partial charge in [0.15, 0.2) is 0 Å². The van der Waals surface area contributed by atoms with Crippen LogP contribution in [-0.2, 0) is 4.79 Å². The predicted octanol–water partition coefficient (Wildman–Crippen LogP) is 1.97. The second-order valence-electron chi connectivity index (χ2n) is 7.44. The topological polar surface area (TPSA) is 126 Å². The summed E-state index contributed by atoms with van der Waals surface area (Å²) in [7, 11) is 0. The Hall–Kier alpha value is -2.87. The van der Waals surface area contributed by atoms with Gasteiger partial charge in [-0.05, 0) is 43.9 Å². The molecule has 0 spiro atoms. The van der Waals surface area contributed by atoms with E-state index in [2.05, 4.69) is 4.90 Å². The van der Waals surface area contributed by atoms with E-state index >= 15 is 0 Å². The summed E-state index contributed by atoms with van der Waals surface area (Å²) >= 11 is 0. The van der Waals surface area contributed by atoms with Gasteiger partial charge in [-0.15, -0.1) is 0 Å². The van der Waals surface area contributed by atoms with Crippen molar-refractivity contribution >= 4 is 28.5 Å². The zero-order chi connectivity index (χ0) is 20.6. The number of hydrogen-bond donors (Lipinski definition) is 3. The first-order valence-electron chi connectivity index (χ1n) is 9.32. The lowest BCUT2D eigenvalue weighted by atomic mass is 10.0. The van der Waals surface area contributed by atoms with E-state index in [9.17, 15) is 14.7 Å². The van der Waals surface area contributed by atoms with Gasteiger partial charge in [0.25, 0.3) is 5.97 Å². The van der Waals surface area contributed by atoms with Crippen LogP contribution in [0.15, 0.2) is 23.1 Å². The van der Waals surface area contributed by atoms with Crippen molar-refractivity contribution in [1.29, 1.82) is 0 Å². The molecule has 150 valence electrons. The maximum Gasteiger partial charge on any atom is 0.341 e. The summed E-state index contributed by atoms with van der Waals surface area (Å²) < 4.78 is 2.00. The van der Waals surface area contributed by atoms with Gasteiger partial charge in [0.05, 0.1) is 5.52 Å². The number of pyridine rings is 1. The highest BCUT2D eigenvalue weighted by Gasteiger charge is 2.29. The van der Waals surface area contributed by atoms with Crippen LogP contribution >= 0.6 is 0 Å². The number of aromatic carboxylic acids is 1. The molecule has 0 unspecified atom stereocenters. The van der Waals surface area contributed by atoms with Crippen molar-refractivity contribution in [3.8, 4) is 0 Å². The van der Waals surface area contributed by atoms with Gasteiger partial charge in [0, 0.05) is 49.4 Å². The molecule has 1 aromatic heterocycles. The van der Waals surface area contributed by atoms with Crippen LogP contribution in [0.2, 0.25) is 0 Å². The lowest BCUT2D eigenvalue weighted by Gasteiger charge is -2.23. The van der Waals surface area contributed by atoms with Gasteiger partial charge in [-0.1, -0.05) is 0 Å². The average Bonchev–Trinajstić information content (AvgIpc) is 3.36. The first kappa shape index (κ1) is 19.9. The number of carbonyl (C=O) groups is 2. The predicted molar refractivity (Wildman–Crippen MR) is 106 cm³/mol. The van der Waals surface area contributed by atoms with Gasteiger partial charge < -0.3 is 25.4 Å². The summed E-state index contributed by atoms with van der Waals surface area (Å²) in [5.41, 5.74) is 8.47. The fraction of sp³-hybridized carbons (Fsp3) is 0.450. The Balaban J connectivity index is 0.000000516. The first-order chi connectivity index (χ1) is 13.2. The summed E-state index contributed by atoms with van der Waals surface area (Å²) in [5, 5.41) is 17.3. The van der Waals surface area contributed by atoms with Crippen LogP contribution in [0.4, 0.5) is 5.69 Å². The number of carboxylic acids is 2. The molecular formula is C20H25N3O5. The molecule has 1 aliphatic heterocycles. The third-order valence-electron chi connectivity index (χ3n) is 5.15.